The van der Waals surface area contributed by atoms with E-state index in [9.17, 15) is 0 Å². The maximum atomic E-state index is 5.86. The highest BCUT2D eigenvalue weighted by Crippen LogP contribution is 2.28. The third-order valence-corrected chi connectivity index (χ3v) is 3.75. The van der Waals surface area contributed by atoms with Gasteiger partial charge in [0.2, 0.25) is 0 Å². The van der Waals surface area contributed by atoms with Crippen molar-refractivity contribution in [3.63, 3.8) is 0 Å². The third kappa shape index (κ3) is 4.22. The molecule has 1 heterocycles. The van der Waals surface area contributed by atoms with E-state index in [4.69, 9.17) is 5.73 Å². The number of hydrogen-bond donors (Lipinski definition) is 2. The molecule has 5 heteroatoms. The van der Waals surface area contributed by atoms with Gasteiger partial charge < -0.3 is 11.1 Å². The Bertz CT molecular complexity index is 313. The van der Waals surface area contributed by atoms with Crippen LogP contribution >= 0.6 is 27.7 Å². The number of halogens is 1. The number of nitrogens with two attached hydrogens (primary N) is 1. The molecule has 1 atom stereocenters. The molecular formula is C11H18BrN3S. The Labute approximate surface area is 110 Å². The summed E-state index contributed by atoms with van der Waals surface area (Å²) in [7, 11) is 0. The van der Waals surface area contributed by atoms with E-state index in [1.165, 1.54) is 11.5 Å². The van der Waals surface area contributed by atoms with E-state index in [0.717, 1.165) is 16.6 Å². The Morgan fingerprint density at radius 2 is 2.31 bits per heavy atom. The number of thioether (sulfide) groups is 1. The fourth-order valence-corrected chi connectivity index (χ4v) is 2.60. The number of nitrogen functional groups attached to an aromatic ring is 1. The topological polar surface area (TPSA) is 50.9 Å². The number of anilines is 2. The number of nitrogens with one attached hydrogen (secondary N) is 1. The first kappa shape index (κ1) is 13.6. The van der Waals surface area contributed by atoms with Gasteiger partial charge in [-0.25, -0.2) is 0 Å². The summed E-state index contributed by atoms with van der Waals surface area (Å²) in [6.45, 7) is 4.35. The number of hydrogen-bond acceptors (Lipinski definition) is 4. The Balaban J connectivity index is 2.52. The van der Waals surface area contributed by atoms with Crippen LogP contribution in [0.15, 0.2) is 16.9 Å². The minimum absolute atomic E-state index is 0.417. The smallest absolute Gasteiger partial charge is 0.0752 e. The summed E-state index contributed by atoms with van der Waals surface area (Å²) in [6, 6.07) is 0.417. The lowest BCUT2D eigenvalue weighted by atomic mass is 10.2. The summed E-state index contributed by atoms with van der Waals surface area (Å²) in [6.07, 6.45) is 4.56. The van der Waals surface area contributed by atoms with Crippen molar-refractivity contribution >= 4 is 39.1 Å². The average molecular weight is 304 g/mol. The highest BCUT2D eigenvalue weighted by atomic mass is 79.9. The predicted molar refractivity (Wildman–Crippen MR) is 77.1 cm³/mol. The zero-order valence-corrected chi connectivity index (χ0v) is 12.1. The van der Waals surface area contributed by atoms with Crippen molar-refractivity contribution in [3.8, 4) is 0 Å². The van der Waals surface area contributed by atoms with E-state index in [1.807, 2.05) is 11.8 Å². The highest BCUT2D eigenvalue weighted by Gasteiger charge is 2.08. The van der Waals surface area contributed by atoms with Crippen molar-refractivity contribution in [2.45, 2.75) is 26.3 Å². The number of aromatic nitrogens is 1. The van der Waals surface area contributed by atoms with E-state index in [1.54, 1.807) is 12.4 Å². The average Bonchev–Trinajstić information content (AvgIpc) is 2.24. The van der Waals surface area contributed by atoms with Crippen LogP contribution in [0.5, 0.6) is 0 Å². The minimum Gasteiger partial charge on any atom is -0.396 e. The lowest BCUT2D eigenvalue weighted by molar-refractivity contribution is 0.771. The van der Waals surface area contributed by atoms with Crippen LogP contribution in [0.4, 0.5) is 11.4 Å². The molecule has 0 aromatic carbocycles. The molecule has 90 valence electrons. The van der Waals surface area contributed by atoms with Gasteiger partial charge in [0.1, 0.15) is 0 Å². The molecule has 0 spiro atoms. The second-order valence-electron chi connectivity index (χ2n) is 3.62. The van der Waals surface area contributed by atoms with Crippen molar-refractivity contribution < 1.29 is 0 Å². The van der Waals surface area contributed by atoms with Crippen LogP contribution in [0.1, 0.15) is 20.3 Å². The summed E-state index contributed by atoms with van der Waals surface area (Å²) >= 11 is 5.41. The molecule has 1 aromatic heterocycles. The van der Waals surface area contributed by atoms with Crippen LogP contribution in [0.25, 0.3) is 0 Å². The van der Waals surface area contributed by atoms with Gasteiger partial charge in [-0.15, -0.1) is 0 Å². The van der Waals surface area contributed by atoms with E-state index in [0.29, 0.717) is 11.7 Å². The molecule has 3 nitrogen and oxygen atoms in total. The third-order valence-electron chi connectivity index (χ3n) is 2.22. The minimum atomic E-state index is 0.417. The van der Waals surface area contributed by atoms with Crippen LogP contribution in [-0.2, 0) is 0 Å². The van der Waals surface area contributed by atoms with Gasteiger partial charge >= 0.3 is 0 Å². The van der Waals surface area contributed by atoms with Crippen molar-refractivity contribution in [1.29, 1.82) is 0 Å². The van der Waals surface area contributed by atoms with Gasteiger partial charge in [-0.3, -0.25) is 4.98 Å². The maximum Gasteiger partial charge on any atom is 0.0752 e. The largest absolute Gasteiger partial charge is 0.396 e. The first-order chi connectivity index (χ1) is 7.65. The van der Waals surface area contributed by atoms with Gasteiger partial charge in [0.05, 0.1) is 22.0 Å². The van der Waals surface area contributed by atoms with Gasteiger partial charge in [-0.2, -0.15) is 11.8 Å². The fourth-order valence-electron chi connectivity index (χ4n) is 1.33. The normalized spacial score (nSPS) is 12.4. The summed E-state index contributed by atoms with van der Waals surface area (Å²) in [5, 5.41) is 3.41. The van der Waals surface area contributed by atoms with Crippen LogP contribution < -0.4 is 11.1 Å². The van der Waals surface area contributed by atoms with Crippen molar-refractivity contribution in [1.82, 2.24) is 4.98 Å². The first-order valence-electron chi connectivity index (χ1n) is 5.38. The van der Waals surface area contributed by atoms with Gasteiger partial charge in [0.15, 0.2) is 0 Å². The molecule has 1 unspecified atom stereocenters. The molecule has 3 N–H and O–H groups in total. The number of rotatable bonds is 6. The van der Waals surface area contributed by atoms with E-state index in [-0.39, 0.29) is 0 Å². The van der Waals surface area contributed by atoms with Gasteiger partial charge in [-0.1, -0.05) is 6.92 Å². The first-order valence-corrected chi connectivity index (χ1v) is 7.33. The molecule has 1 aromatic rings. The van der Waals surface area contributed by atoms with Crippen LogP contribution in [0.3, 0.4) is 0 Å². The molecule has 16 heavy (non-hydrogen) atoms. The summed E-state index contributed by atoms with van der Waals surface area (Å²) < 4.78 is 0.919. The second kappa shape index (κ2) is 7.01. The number of nitrogens with zero attached hydrogens (tertiary/aromatic N) is 1. The lowest BCUT2D eigenvalue weighted by Gasteiger charge is -2.17. The summed E-state index contributed by atoms with van der Waals surface area (Å²) in [5.41, 5.74) is 7.50. The van der Waals surface area contributed by atoms with Crippen molar-refractivity contribution in [3.05, 3.63) is 16.9 Å². The molecule has 0 aliphatic carbocycles. The molecule has 0 saturated carbocycles. The monoisotopic (exact) mass is 303 g/mol. The molecule has 0 radical (unpaired) electrons. The Morgan fingerprint density at radius 3 is 2.94 bits per heavy atom. The molecule has 1 rings (SSSR count). The van der Waals surface area contributed by atoms with Crippen LogP contribution in [0, 0.1) is 0 Å². The highest BCUT2D eigenvalue weighted by molar-refractivity contribution is 9.10. The second-order valence-corrected chi connectivity index (χ2v) is 5.86. The lowest BCUT2D eigenvalue weighted by Crippen LogP contribution is -2.17. The predicted octanol–water partition coefficient (Wildman–Crippen LogP) is 3.37. The Kier molecular flexibility index (Phi) is 5.98. The van der Waals surface area contributed by atoms with E-state index in [2.05, 4.69) is 40.1 Å². The van der Waals surface area contributed by atoms with Gasteiger partial charge in [-0.05, 0) is 40.8 Å². The molecule has 0 bridgehead atoms. The van der Waals surface area contributed by atoms with Crippen LogP contribution in [-0.4, -0.2) is 22.5 Å². The molecule has 0 aliphatic heterocycles. The molecule has 0 aliphatic rings. The Hall–Kier alpha value is -0.420. The molecule has 0 fully saturated rings. The SMILES string of the molecule is CCSCCC(C)Nc1c(N)cncc1Br. The molecule has 0 amide bonds. The zero-order chi connectivity index (χ0) is 12.0. The summed E-state index contributed by atoms with van der Waals surface area (Å²) in [4.78, 5) is 4.01. The van der Waals surface area contributed by atoms with E-state index < -0.39 is 0 Å². The quantitative estimate of drug-likeness (QED) is 0.791. The van der Waals surface area contributed by atoms with Crippen LogP contribution in [0.2, 0.25) is 0 Å². The Morgan fingerprint density at radius 1 is 1.56 bits per heavy atom. The standard InChI is InChI=1S/C11H18BrN3S/c1-3-16-5-4-8(2)15-11-9(12)6-14-7-10(11)13/h6-8H,3-5,13H2,1-2H3,(H,14,15). The van der Waals surface area contributed by atoms with Crippen molar-refractivity contribution in [2.24, 2.45) is 0 Å². The van der Waals surface area contributed by atoms with Gasteiger partial charge in [0.25, 0.3) is 0 Å². The summed E-state index contributed by atoms with van der Waals surface area (Å²) in [5.74, 6) is 2.35. The molecular weight excluding hydrogens is 286 g/mol. The van der Waals surface area contributed by atoms with Gasteiger partial charge in [0, 0.05) is 12.2 Å². The zero-order valence-electron chi connectivity index (χ0n) is 9.66. The van der Waals surface area contributed by atoms with E-state index >= 15 is 0 Å². The fraction of sp³-hybridized carbons (Fsp3) is 0.545. The maximum absolute atomic E-state index is 5.86. The molecule has 0 saturated heterocycles. The number of pyridine rings is 1. The van der Waals surface area contributed by atoms with Crippen molar-refractivity contribution in [2.75, 3.05) is 22.6 Å².